The van der Waals surface area contributed by atoms with Crippen molar-refractivity contribution in [3.8, 4) is 5.75 Å². The first kappa shape index (κ1) is 15.4. The lowest BCUT2D eigenvalue weighted by atomic mass is 10.0. The zero-order valence-corrected chi connectivity index (χ0v) is 12.6. The van der Waals surface area contributed by atoms with Crippen molar-refractivity contribution in [2.45, 2.75) is 45.6 Å². The zero-order valence-electron chi connectivity index (χ0n) is 12.6. The van der Waals surface area contributed by atoms with Gasteiger partial charge in [0.25, 0.3) is 5.91 Å². The first-order valence-corrected chi connectivity index (χ1v) is 7.43. The number of rotatable bonds is 6. The molecule has 0 unspecified atom stereocenters. The largest absolute Gasteiger partial charge is 0.484 e. The Morgan fingerprint density at radius 3 is 3.00 bits per heavy atom. The van der Waals surface area contributed by atoms with Gasteiger partial charge in [0.2, 0.25) is 5.91 Å². The molecule has 0 radical (unpaired) electrons. The Kier molecular flexibility index (Phi) is 5.20. The van der Waals surface area contributed by atoms with Crippen molar-refractivity contribution in [2.75, 3.05) is 11.9 Å². The van der Waals surface area contributed by atoms with Crippen LogP contribution in [0.4, 0.5) is 5.69 Å². The van der Waals surface area contributed by atoms with Gasteiger partial charge < -0.3 is 15.4 Å². The second kappa shape index (κ2) is 7.11. The van der Waals surface area contributed by atoms with Crippen LogP contribution in [0.15, 0.2) is 18.2 Å². The molecule has 1 heterocycles. The number of anilines is 1. The van der Waals surface area contributed by atoms with Crippen LogP contribution in [0.2, 0.25) is 0 Å². The summed E-state index contributed by atoms with van der Waals surface area (Å²) in [5.74, 6) is 0.589. The third-order valence-corrected chi connectivity index (χ3v) is 3.47. The normalized spacial score (nSPS) is 14.9. The molecular formula is C16H22N2O3. The molecule has 0 saturated heterocycles. The molecular weight excluding hydrogens is 268 g/mol. The molecule has 1 aromatic carbocycles. The fourth-order valence-corrected chi connectivity index (χ4v) is 2.42. The third-order valence-electron chi connectivity index (χ3n) is 3.47. The monoisotopic (exact) mass is 290 g/mol. The van der Waals surface area contributed by atoms with E-state index in [0.29, 0.717) is 18.6 Å². The van der Waals surface area contributed by atoms with Crippen molar-refractivity contribution in [2.24, 2.45) is 0 Å². The molecule has 1 aliphatic heterocycles. The van der Waals surface area contributed by atoms with Crippen LogP contribution in [0.3, 0.4) is 0 Å². The summed E-state index contributed by atoms with van der Waals surface area (Å²) in [4.78, 5) is 23.0. The van der Waals surface area contributed by atoms with Gasteiger partial charge >= 0.3 is 0 Å². The van der Waals surface area contributed by atoms with Gasteiger partial charge in [0.05, 0.1) is 0 Å². The Balaban J connectivity index is 1.86. The number of ether oxygens (including phenoxy) is 1. The maximum absolute atomic E-state index is 11.7. The third kappa shape index (κ3) is 4.48. The zero-order chi connectivity index (χ0) is 15.2. The molecule has 5 heteroatoms. The van der Waals surface area contributed by atoms with Crippen molar-refractivity contribution in [1.29, 1.82) is 0 Å². The van der Waals surface area contributed by atoms with Crippen LogP contribution >= 0.6 is 0 Å². The summed E-state index contributed by atoms with van der Waals surface area (Å²) in [5, 5.41) is 5.72. The Morgan fingerprint density at radius 2 is 2.24 bits per heavy atom. The molecule has 21 heavy (non-hydrogen) atoms. The van der Waals surface area contributed by atoms with E-state index >= 15 is 0 Å². The highest BCUT2D eigenvalue weighted by Gasteiger charge is 2.15. The second-order valence-corrected chi connectivity index (χ2v) is 5.41. The fraction of sp³-hybridized carbons (Fsp3) is 0.500. The summed E-state index contributed by atoms with van der Waals surface area (Å²) in [5.41, 5.74) is 1.88. The van der Waals surface area contributed by atoms with E-state index in [1.807, 2.05) is 19.1 Å². The Morgan fingerprint density at radius 1 is 1.43 bits per heavy atom. The van der Waals surface area contributed by atoms with Gasteiger partial charge in [-0.2, -0.15) is 0 Å². The maximum atomic E-state index is 11.7. The van der Waals surface area contributed by atoms with Crippen LogP contribution in [-0.4, -0.2) is 24.5 Å². The summed E-state index contributed by atoms with van der Waals surface area (Å²) in [6.07, 6.45) is 3.20. The van der Waals surface area contributed by atoms with Crippen molar-refractivity contribution < 1.29 is 14.3 Å². The van der Waals surface area contributed by atoms with Gasteiger partial charge in [0, 0.05) is 18.2 Å². The molecule has 0 saturated carbocycles. The second-order valence-electron chi connectivity index (χ2n) is 5.41. The molecule has 114 valence electrons. The Labute approximate surface area is 125 Å². The molecule has 1 atom stereocenters. The number of nitrogens with one attached hydrogen (secondary N) is 2. The number of carbonyl (C=O) groups excluding carboxylic acids is 2. The SMILES string of the molecule is CCC[C@@H](C)NC(=O)COc1ccc2c(c1)CCC(=O)N2. The lowest BCUT2D eigenvalue weighted by Crippen LogP contribution is -2.35. The van der Waals surface area contributed by atoms with E-state index in [2.05, 4.69) is 17.6 Å². The summed E-state index contributed by atoms with van der Waals surface area (Å²) in [6.45, 7) is 4.09. The smallest absolute Gasteiger partial charge is 0.258 e. The molecule has 0 bridgehead atoms. The molecule has 5 nitrogen and oxygen atoms in total. The summed E-state index contributed by atoms with van der Waals surface area (Å²) in [7, 11) is 0. The molecule has 0 spiro atoms. The molecule has 0 aliphatic carbocycles. The van der Waals surface area contributed by atoms with Gasteiger partial charge in [0.1, 0.15) is 5.75 Å². The average molecular weight is 290 g/mol. The minimum Gasteiger partial charge on any atom is -0.484 e. The van der Waals surface area contributed by atoms with Crippen molar-refractivity contribution in [3.05, 3.63) is 23.8 Å². The number of fused-ring (bicyclic) bond motifs is 1. The molecule has 0 aromatic heterocycles. The lowest BCUT2D eigenvalue weighted by molar-refractivity contribution is -0.123. The van der Waals surface area contributed by atoms with E-state index in [4.69, 9.17) is 4.74 Å². The highest BCUT2D eigenvalue weighted by molar-refractivity contribution is 5.94. The predicted molar refractivity (Wildman–Crippen MR) is 81.4 cm³/mol. The molecule has 0 fully saturated rings. The topological polar surface area (TPSA) is 67.4 Å². The summed E-state index contributed by atoms with van der Waals surface area (Å²) >= 11 is 0. The van der Waals surface area contributed by atoms with Crippen LogP contribution in [0.1, 0.15) is 38.7 Å². The van der Waals surface area contributed by atoms with E-state index < -0.39 is 0 Å². The molecule has 1 aromatic rings. The standard InChI is InChI=1S/C16H22N2O3/c1-3-4-11(2)17-16(20)10-21-13-6-7-14-12(9-13)5-8-15(19)18-14/h6-7,9,11H,3-5,8,10H2,1-2H3,(H,17,20)(H,18,19)/t11-/m1/s1. The number of amides is 2. The first-order chi connectivity index (χ1) is 10.1. The van der Waals surface area contributed by atoms with E-state index in [1.54, 1.807) is 6.07 Å². The van der Waals surface area contributed by atoms with Crippen molar-refractivity contribution in [3.63, 3.8) is 0 Å². The Bertz CT molecular complexity index is 528. The van der Waals surface area contributed by atoms with Gasteiger partial charge in [0.15, 0.2) is 6.61 Å². The van der Waals surface area contributed by atoms with Crippen molar-refractivity contribution in [1.82, 2.24) is 5.32 Å². The van der Waals surface area contributed by atoms with E-state index in [9.17, 15) is 9.59 Å². The minimum absolute atomic E-state index is 0.0131. The van der Waals surface area contributed by atoms with E-state index in [1.165, 1.54) is 0 Å². The molecule has 2 rings (SSSR count). The molecule has 1 aliphatic rings. The van der Waals surface area contributed by atoms with Gasteiger partial charge in [-0.05, 0) is 43.5 Å². The van der Waals surface area contributed by atoms with Crippen LogP contribution in [0.5, 0.6) is 5.75 Å². The molecule has 2 amide bonds. The van der Waals surface area contributed by atoms with Crippen molar-refractivity contribution >= 4 is 17.5 Å². The number of hydrogen-bond donors (Lipinski definition) is 2. The lowest BCUT2D eigenvalue weighted by Gasteiger charge is -2.18. The van der Waals surface area contributed by atoms with Gasteiger partial charge in [-0.25, -0.2) is 0 Å². The minimum atomic E-state index is -0.109. The van der Waals surface area contributed by atoms with Crippen LogP contribution in [0.25, 0.3) is 0 Å². The van der Waals surface area contributed by atoms with Crippen LogP contribution in [-0.2, 0) is 16.0 Å². The van der Waals surface area contributed by atoms with Crippen LogP contribution < -0.4 is 15.4 Å². The average Bonchev–Trinajstić information content (AvgIpc) is 2.45. The van der Waals surface area contributed by atoms with E-state index in [-0.39, 0.29) is 24.5 Å². The number of aryl methyl sites for hydroxylation is 1. The summed E-state index contributed by atoms with van der Waals surface area (Å²) < 4.78 is 5.51. The summed E-state index contributed by atoms with van der Waals surface area (Å²) in [6, 6.07) is 5.65. The quantitative estimate of drug-likeness (QED) is 0.844. The predicted octanol–water partition coefficient (Wildman–Crippen LogP) is 2.25. The van der Waals surface area contributed by atoms with Gasteiger partial charge in [-0.3, -0.25) is 9.59 Å². The van der Waals surface area contributed by atoms with Crippen LogP contribution in [0, 0.1) is 0 Å². The highest BCUT2D eigenvalue weighted by Crippen LogP contribution is 2.26. The fourth-order valence-electron chi connectivity index (χ4n) is 2.42. The number of carbonyl (C=O) groups is 2. The number of benzene rings is 1. The highest BCUT2D eigenvalue weighted by atomic mass is 16.5. The Hall–Kier alpha value is -2.04. The number of hydrogen-bond acceptors (Lipinski definition) is 3. The first-order valence-electron chi connectivity index (χ1n) is 7.43. The van der Waals surface area contributed by atoms with E-state index in [0.717, 1.165) is 24.1 Å². The maximum Gasteiger partial charge on any atom is 0.258 e. The molecule has 2 N–H and O–H groups in total. The van der Waals surface area contributed by atoms with Gasteiger partial charge in [-0.1, -0.05) is 13.3 Å². The van der Waals surface area contributed by atoms with Gasteiger partial charge in [-0.15, -0.1) is 0 Å².